The van der Waals surface area contributed by atoms with E-state index in [0.717, 1.165) is 18.7 Å². The minimum Gasteiger partial charge on any atom is -0.490 e. The number of carbonyl (C=O) groups excluding carboxylic acids is 1. The second-order valence-electron chi connectivity index (χ2n) is 6.92. The van der Waals surface area contributed by atoms with Gasteiger partial charge in [-0.2, -0.15) is 0 Å². The van der Waals surface area contributed by atoms with Gasteiger partial charge < -0.3 is 14.6 Å². The minimum absolute atomic E-state index is 0. The number of para-hydroxylation sites is 1. The lowest BCUT2D eigenvalue weighted by molar-refractivity contribution is 0.00457. The molecular formula is C22H27ClFNO4. The summed E-state index contributed by atoms with van der Waals surface area (Å²) in [6, 6.07) is 13.2. The van der Waals surface area contributed by atoms with Crippen LogP contribution in [0.1, 0.15) is 22.3 Å². The lowest BCUT2D eigenvalue weighted by atomic mass is 10.0. The molecule has 7 heteroatoms. The van der Waals surface area contributed by atoms with Gasteiger partial charge >= 0.3 is 0 Å². The van der Waals surface area contributed by atoms with E-state index in [4.69, 9.17) is 9.47 Å². The average Bonchev–Trinajstić information content (AvgIpc) is 2.72. The SMILES string of the molecule is Cl.O=C(CCc1ccc(F)cc1)c1ccccc1OCC(O)CN1CCOCC1. The van der Waals surface area contributed by atoms with Crippen molar-refractivity contribution in [3.8, 4) is 5.75 Å². The fourth-order valence-electron chi connectivity index (χ4n) is 3.19. The van der Waals surface area contributed by atoms with Gasteiger partial charge in [0, 0.05) is 26.1 Å². The van der Waals surface area contributed by atoms with Crippen molar-refractivity contribution in [1.29, 1.82) is 0 Å². The molecule has 0 radical (unpaired) electrons. The van der Waals surface area contributed by atoms with Gasteiger partial charge in [0.1, 0.15) is 24.3 Å². The van der Waals surface area contributed by atoms with Crippen LogP contribution in [0.2, 0.25) is 0 Å². The molecule has 2 aromatic carbocycles. The molecule has 1 unspecified atom stereocenters. The van der Waals surface area contributed by atoms with Gasteiger partial charge in [0.15, 0.2) is 5.78 Å². The lowest BCUT2D eigenvalue weighted by Gasteiger charge is -2.28. The molecule has 5 nitrogen and oxygen atoms in total. The normalized spacial score (nSPS) is 15.4. The van der Waals surface area contributed by atoms with Crippen LogP contribution in [-0.4, -0.2) is 61.3 Å². The van der Waals surface area contributed by atoms with Crippen LogP contribution in [-0.2, 0) is 11.2 Å². The molecule has 3 rings (SSSR count). The van der Waals surface area contributed by atoms with Crippen LogP contribution in [0.25, 0.3) is 0 Å². The third-order valence-corrected chi connectivity index (χ3v) is 4.75. The first kappa shape index (κ1) is 23.3. The van der Waals surface area contributed by atoms with E-state index in [2.05, 4.69) is 4.90 Å². The highest BCUT2D eigenvalue weighted by Crippen LogP contribution is 2.21. The second kappa shape index (κ2) is 11.9. The number of ether oxygens (including phenoxy) is 2. The Hall–Kier alpha value is -1.99. The maximum atomic E-state index is 13.0. The Morgan fingerprint density at radius 3 is 2.55 bits per heavy atom. The Bertz CT molecular complexity index is 766. The smallest absolute Gasteiger partial charge is 0.166 e. The van der Waals surface area contributed by atoms with Crippen LogP contribution in [0.4, 0.5) is 4.39 Å². The number of aliphatic hydroxyl groups is 1. The predicted molar refractivity (Wildman–Crippen MR) is 112 cm³/mol. The molecule has 0 saturated carbocycles. The molecule has 2 aromatic rings. The molecule has 0 amide bonds. The fraction of sp³-hybridized carbons (Fsp3) is 0.409. The zero-order valence-electron chi connectivity index (χ0n) is 16.3. The van der Waals surface area contributed by atoms with Gasteiger partial charge in [0.05, 0.1) is 18.8 Å². The Labute approximate surface area is 176 Å². The van der Waals surface area contributed by atoms with E-state index in [1.807, 2.05) is 0 Å². The summed E-state index contributed by atoms with van der Waals surface area (Å²) < 4.78 is 24.0. The summed E-state index contributed by atoms with van der Waals surface area (Å²) in [5.41, 5.74) is 1.41. The largest absolute Gasteiger partial charge is 0.490 e. The van der Waals surface area contributed by atoms with Crippen LogP contribution in [0.3, 0.4) is 0 Å². The van der Waals surface area contributed by atoms with Crippen molar-refractivity contribution in [3.63, 3.8) is 0 Å². The van der Waals surface area contributed by atoms with E-state index in [-0.39, 0.29) is 30.6 Å². The van der Waals surface area contributed by atoms with Crippen molar-refractivity contribution < 1.29 is 23.8 Å². The highest BCUT2D eigenvalue weighted by Gasteiger charge is 2.17. The number of β-amino-alcohol motifs (C(OH)–C–C–N with tert-alkyl or cyclic N) is 1. The summed E-state index contributed by atoms with van der Waals surface area (Å²) in [5.74, 6) is 0.152. The van der Waals surface area contributed by atoms with E-state index < -0.39 is 6.10 Å². The number of nitrogens with zero attached hydrogens (tertiary/aromatic N) is 1. The summed E-state index contributed by atoms with van der Waals surface area (Å²) in [6.45, 7) is 3.60. The number of morpholine rings is 1. The summed E-state index contributed by atoms with van der Waals surface area (Å²) >= 11 is 0. The quantitative estimate of drug-likeness (QED) is 0.628. The van der Waals surface area contributed by atoms with Crippen molar-refractivity contribution >= 4 is 18.2 Å². The van der Waals surface area contributed by atoms with Crippen LogP contribution >= 0.6 is 12.4 Å². The Kier molecular flexibility index (Phi) is 9.54. The molecule has 1 saturated heterocycles. The number of hydrogen-bond donors (Lipinski definition) is 1. The molecule has 158 valence electrons. The molecule has 0 aliphatic carbocycles. The van der Waals surface area contributed by atoms with Crippen LogP contribution in [0, 0.1) is 5.82 Å². The van der Waals surface area contributed by atoms with Gasteiger partial charge in [-0.15, -0.1) is 12.4 Å². The summed E-state index contributed by atoms with van der Waals surface area (Å²) in [7, 11) is 0. The molecule has 0 aromatic heterocycles. The minimum atomic E-state index is -0.638. The third-order valence-electron chi connectivity index (χ3n) is 4.75. The molecule has 1 atom stereocenters. The molecule has 1 fully saturated rings. The number of hydrogen-bond acceptors (Lipinski definition) is 5. The van der Waals surface area contributed by atoms with E-state index >= 15 is 0 Å². The van der Waals surface area contributed by atoms with Gasteiger partial charge in [-0.25, -0.2) is 4.39 Å². The number of ketones is 1. The van der Waals surface area contributed by atoms with Gasteiger partial charge in [0.25, 0.3) is 0 Å². The molecule has 1 aliphatic rings. The molecule has 1 aliphatic heterocycles. The van der Waals surface area contributed by atoms with Crippen LogP contribution in [0.5, 0.6) is 5.75 Å². The maximum Gasteiger partial charge on any atom is 0.166 e. The zero-order chi connectivity index (χ0) is 19.8. The van der Waals surface area contributed by atoms with Crippen molar-refractivity contribution in [2.24, 2.45) is 0 Å². The van der Waals surface area contributed by atoms with E-state index in [0.29, 0.717) is 43.9 Å². The predicted octanol–water partition coefficient (Wildman–Crippen LogP) is 3.13. The monoisotopic (exact) mass is 423 g/mol. The Balaban J connectivity index is 0.00000300. The highest BCUT2D eigenvalue weighted by molar-refractivity contribution is 5.98. The molecular weight excluding hydrogens is 397 g/mol. The second-order valence-corrected chi connectivity index (χ2v) is 6.92. The van der Waals surface area contributed by atoms with Gasteiger partial charge in [-0.3, -0.25) is 9.69 Å². The standard InChI is InChI=1S/C22H26FNO4.ClH/c23-18-8-5-17(6-9-18)7-10-21(26)20-3-1-2-4-22(20)28-16-19(25)15-24-11-13-27-14-12-24;/h1-6,8-9,19,25H,7,10-16H2;1H. The van der Waals surface area contributed by atoms with Crippen molar-refractivity contribution in [3.05, 3.63) is 65.5 Å². The highest BCUT2D eigenvalue weighted by atomic mass is 35.5. The van der Waals surface area contributed by atoms with Crippen LogP contribution in [0.15, 0.2) is 48.5 Å². The summed E-state index contributed by atoms with van der Waals surface area (Å²) in [5, 5.41) is 10.2. The first-order valence-electron chi connectivity index (χ1n) is 9.59. The van der Waals surface area contributed by atoms with Crippen molar-refractivity contribution in [2.45, 2.75) is 18.9 Å². The molecule has 1 N–H and O–H groups in total. The van der Waals surface area contributed by atoms with Gasteiger partial charge in [0.2, 0.25) is 0 Å². The number of aliphatic hydroxyl groups excluding tert-OH is 1. The number of carbonyl (C=O) groups is 1. The van der Waals surface area contributed by atoms with Crippen molar-refractivity contribution in [2.75, 3.05) is 39.5 Å². The first-order valence-corrected chi connectivity index (χ1v) is 9.59. The average molecular weight is 424 g/mol. The first-order chi connectivity index (χ1) is 13.6. The van der Waals surface area contributed by atoms with Crippen molar-refractivity contribution in [1.82, 2.24) is 4.90 Å². The molecule has 0 spiro atoms. The third kappa shape index (κ3) is 7.40. The summed E-state index contributed by atoms with van der Waals surface area (Å²) in [6.07, 6.45) is 0.204. The number of benzene rings is 2. The number of halogens is 2. The number of aryl methyl sites for hydroxylation is 1. The van der Waals surface area contributed by atoms with Gasteiger partial charge in [-0.1, -0.05) is 24.3 Å². The molecule has 29 heavy (non-hydrogen) atoms. The fourth-order valence-corrected chi connectivity index (χ4v) is 3.19. The number of Topliss-reactive ketones (excluding diaryl/α,β-unsaturated/α-hetero) is 1. The zero-order valence-corrected chi connectivity index (χ0v) is 17.1. The molecule has 0 bridgehead atoms. The van der Waals surface area contributed by atoms with E-state index in [1.54, 1.807) is 36.4 Å². The van der Waals surface area contributed by atoms with Crippen LogP contribution < -0.4 is 4.74 Å². The summed E-state index contributed by atoms with van der Waals surface area (Å²) in [4.78, 5) is 14.8. The topological polar surface area (TPSA) is 59.0 Å². The Morgan fingerprint density at radius 2 is 1.83 bits per heavy atom. The van der Waals surface area contributed by atoms with E-state index in [9.17, 15) is 14.3 Å². The molecule has 1 heterocycles. The lowest BCUT2D eigenvalue weighted by Crippen LogP contribution is -2.42. The van der Waals surface area contributed by atoms with Gasteiger partial charge in [-0.05, 0) is 36.2 Å². The maximum absolute atomic E-state index is 13.0. The Morgan fingerprint density at radius 1 is 1.14 bits per heavy atom. The van der Waals surface area contributed by atoms with E-state index in [1.165, 1.54) is 12.1 Å². The number of rotatable bonds is 9.